The lowest BCUT2D eigenvalue weighted by Crippen LogP contribution is -2.40. The number of nitrogens with one attached hydrogen (secondary N) is 1. The Morgan fingerprint density at radius 1 is 1.25 bits per heavy atom. The van der Waals surface area contributed by atoms with Gasteiger partial charge in [0.15, 0.2) is 0 Å². The third-order valence-corrected chi connectivity index (χ3v) is 4.56. The highest BCUT2D eigenvalue weighted by Gasteiger charge is 2.25. The van der Waals surface area contributed by atoms with Gasteiger partial charge in [-0.1, -0.05) is 37.0 Å². The summed E-state index contributed by atoms with van der Waals surface area (Å²) in [6.07, 6.45) is -0.300. The summed E-state index contributed by atoms with van der Waals surface area (Å²) < 4.78 is 26.8. The number of sulfonamides is 1. The van der Waals surface area contributed by atoms with Crippen LogP contribution in [0.5, 0.6) is 0 Å². The zero-order chi connectivity index (χ0) is 15.5. The van der Waals surface area contributed by atoms with E-state index >= 15 is 0 Å². The van der Waals surface area contributed by atoms with Crippen molar-refractivity contribution in [2.45, 2.75) is 31.2 Å². The van der Waals surface area contributed by atoms with Gasteiger partial charge in [-0.25, -0.2) is 13.1 Å². The topological polar surface area (TPSA) is 83.5 Å². The fourth-order valence-electron chi connectivity index (χ4n) is 1.55. The smallest absolute Gasteiger partial charge is 0.304 e. The number of hydrogen-bond acceptors (Lipinski definition) is 3. The van der Waals surface area contributed by atoms with Gasteiger partial charge in [0.05, 0.1) is 11.3 Å². The first-order valence-corrected chi connectivity index (χ1v) is 8.06. The molecule has 1 aromatic carbocycles. The van der Waals surface area contributed by atoms with Crippen LogP contribution in [0.25, 0.3) is 0 Å². The Kier molecular flexibility index (Phi) is 5.82. The zero-order valence-electron chi connectivity index (χ0n) is 10.9. The molecule has 0 aliphatic heterocycles. The minimum atomic E-state index is -3.88. The van der Waals surface area contributed by atoms with Crippen LogP contribution in [0.4, 0.5) is 0 Å². The molecule has 0 radical (unpaired) electrons. The normalized spacial score (nSPS) is 13.4. The average molecular weight is 340 g/mol. The van der Waals surface area contributed by atoms with E-state index in [4.69, 9.17) is 28.3 Å². The van der Waals surface area contributed by atoms with E-state index in [0.717, 1.165) is 0 Å². The zero-order valence-corrected chi connectivity index (χ0v) is 13.3. The minimum absolute atomic E-state index is 0.0916. The molecule has 5 nitrogen and oxygen atoms in total. The Morgan fingerprint density at radius 3 is 2.15 bits per heavy atom. The van der Waals surface area contributed by atoms with Gasteiger partial charge in [-0.05, 0) is 24.1 Å². The predicted molar refractivity (Wildman–Crippen MR) is 77.7 cm³/mol. The monoisotopic (exact) mass is 339 g/mol. The lowest BCUT2D eigenvalue weighted by molar-refractivity contribution is -0.137. The lowest BCUT2D eigenvalue weighted by atomic mass is 10.0. The van der Waals surface area contributed by atoms with Crippen LogP contribution in [0.1, 0.15) is 20.3 Å². The van der Waals surface area contributed by atoms with Crippen molar-refractivity contribution < 1.29 is 18.3 Å². The number of rotatable bonds is 6. The van der Waals surface area contributed by atoms with Gasteiger partial charge in [-0.3, -0.25) is 4.79 Å². The van der Waals surface area contributed by atoms with Crippen molar-refractivity contribution in [2.24, 2.45) is 5.92 Å². The number of carboxylic acid groups (broad SMARTS) is 1. The minimum Gasteiger partial charge on any atom is -0.481 e. The van der Waals surface area contributed by atoms with Gasteiger partial charge in [0, 0.05) is 16.1 Å². The highest BCUT2D eigenvalue weighted by atomic mass is 35.5. The maximum Gasteiger partial charge on any atom is 0.304 e. The number of halogens is 2. The van der Waals surface area contributed by atoms with Crippen molar-refractivity contribution >= 4 is 39.2 Å². The summed E-state index contributed by atoms with van der Waals surface area (Å²) in [5.41, 5.74) is 0. The summed E-state index contributed by atoms with van der Waals surface area (Å²) in [5.74, 6) is -1.24. The number of hydrogen-bond donors (Lipinski definition) is 2. The fourth-order valence-corrected chi connectivity index (χ4v) is 3.66. The maximum atomic E-state index is 12.2. The second-order valence-electron chi connectivity index (χ2n) is 4.67. The average Bonchev–Trinajstić information content (AvgIpc) is 2.25. The molecular formula is C12H15Cl2NO4S. The number of benzene rings is 1. The van der Waals surface area contributed by atoms with Crippen LogP contribution >= 0.6 is 23.2 Å². The molecule has 0 bridgehead atoms. The van der Waals surface area contributed by atoms with E-state index in [9.17, 15) is 13.2 Å². The number of carboxylic acids is 1. The molecule has 1 aromatic rings. The van der Waals surface area contributed by atoms with Crippen molar-refractivity contribution in [1.82, 2.24) is 4.72 Å². The third-order valence-electron chi connectivity index (χ3n) is 2.65. The summed E-state index contributed by atoms with van der Waals surface area (Å²) in [7, 11) is -3.88. The molecule has 0 aliphatic rings. The molecule has 0 fully saturated rings. The molecule has 8 heteroatoms. The summed E-state index contributed by atoms with van der Waals surface area (Å²) in [6, 6.07) is 3.22. The molecule has 2 N–H and O–H groups in total. The van der Waals surface area contributed by atoms with Gasteiger partial charge in [-0.15, -0.1) is 0 Å². The molecule has 0 saturated carbocycles. The van der Waals surface area contributed by atoms with Crippen LogP contribution in [0, 0.1) is 5.92 Å². The van der Waals surface area contributed by atoms with Crippen LogP contribution in [0.2, 0.25) is 10.0 Å². The second-order valence-corrected chi connectivity index (χ2v) is 7.26. The molecule has 1 rings (SSSR count). The summed E-state index contributed by atoms with van der Waals surface area (Å²) in [4.78, 5) is 10.7. The number of carbonyl (C=O) groups is 1. The molecule has 0 saturated heterocycles. The molecule has 0 aliphatic carbocycles. The van der Waals surface area contributed by atoms with E-state index in [2.05, 4.69) is 4.72 Å². The molecule has 0 amide bonds. The Labute approximate surface area is 127 Å². The predicted octanol–water partition coefficient (Wildman–Crippen LogP) is 2.77. The van der Waals surface area contributed by atoms with Crippen molar-refractivity contribution in [1.29, 1.82) is 0 Å². The van der Waals surface area contributed by atoms with Crippen LogP contribution in [-0.4, -0.2) is 25.5 Å². The van der Waals surface area contributed by atoms with Crippen molar-refractivity contribution in [2.75, 3.05) is 0 Å². The molecule has 20 heavy (non-hydrogen) atoms. The molecule has 112 valence electrons. The number of aliphatic carboxylic acids is 1. The van der Waals surface area contributed by atoms with Crippen LogP contribution in [-0.2, 0) is 14.8 Å². The Hall–Kier alpha value is -0.820. The largest absolute Gasteiger partial charge is 0.481 e. The molecule has 0 heterocycles. The van der Waals surface area contributed by atoms with E-state index < -0.39 is 22.0 Å². The van der Waals surface area contributed by atoms with E-state index in [1.54, 1.807) is 13.8 Å². The van der Waals surface area contributed by atoms with E-state index in [1.807, 2.05) is 0 Å². The summed E-state index contributed by atoms with van der Waals surface area (Å²) in [5, 5.41) is 9.20. The quantitative estimate of drug-likeness (QED) is 0.834. The van der Waals surface area contributed by atoms with Gasteiger partial charge in [0.2, 0.25) is 10.0 Å². The van der Waals surface area contributed by atoms with Crippen molar-refractivity contribution in [3.63, 3.8) is 0 Å². The Balaban J connectivity index is 3.06. The second kappa shape index (κ2) is 6.76. The highest BCUT2D eigenvalue weighted by molar-refractivity contribution is 7.89. The standard InChI is InChI=1S/C12H15Cl2NO4S/c1-7(2)11(6-12(16)17)15-20(18,19)10-4-8(13)3-9(14)5-10/h3-5,7,11,15H,6H2,1-2H3,(H,16,17). The van der Waals surface area contributed by atoms with E-state index in [-0.39, 0.29) is 27.3 Å². The van der Waals surface area contributed by atoms with Crippen LogP contribution in [0.3, 0.4) is 0 Å². The van der Waals surface area contributed by atoms with Gasteiger partial charge < -0.3 is 5.11 Å². The first kappa shape index (κ1) is 17.2. The SMILES string of the molecule is CC(C)C(CC(=O)O)NS(=O)(=O)c1cc(Cl)cc(Cl)c1. The lowest BCUT2D eigenvalue weighted by Gasteiger charge is -2.20. The molecule has 1 atom stereocenters. The maximum absolute atomic E-state index is 12.2. The summed E-state index contributed by atoms with van der Waals surface area (Å²) in [6.45, 7) is 3.47. The van der Waals surface area contributed by atoms with Crippen LogP contribution < -0.4 is 4.72 Å². The van der Waals surface area contributed by atoms with E-state index in [0.29, 0.717) is 0 Å². The van der Waals surface area contributed by atoms with Gasteiger partial charge in [-0.2, -0.15) is 0 Å². The van der Waals surface area contributed by atoms with Gasteiger partial charge in [0.1, 0.15) is 0 Å². The fraction of sp³-hybridized carbons (Fsp3) is 0.417. The molecular weight excluding hydrogens is 325 g/mol. The van der Waals surface area contributed by atoms with Crippen molar-refractivity contribution in [3.05, 3.63) is 28.2 Å². The first-order chi connectivity index (χ1) is 9.11. The van der Waals surface area contributed by atoms with Gasteiger partial charge >= 0.3 is 5.97 Å². The Bertz CT molecular complexity index is 581. The summed E-state index contributed by atoms with van der Waals surface area (Å²) >= 11 is 11.5. The van der Waals surface area contributed by atoms with E-state index in [1.165, 1.54) is 18.2 Å². The van der Waals surface area contributed by atoms with Gasteiger partial charge in [0.25, 0.3) is 0 Å². The van der Waals surface area contributed by atoms with Crippen molar-refractivity contribution in [3.8, 4) is 0 Å². The molecule has 1 unspecified atom stereocenters. The first-order valence-electron chi connectivity index (χ1n) is 5.82. The third kappa shape index (κ3) is 4.94. The van der Waals surface area contributed by atoms with Crippen LogP contribution in [0.15, 0.2) is 23.1 Å². The molecule has 0 aromatic heterocycles. The Morgan fingerprint density at radius 2 is 1.75 bits per heavy atom. The highest BCUT2D eigenvalue weighted by Crippen LogP contribution is 2.23. The molecule has 0 spiro atoms.